The van der Waals surface area contributed by atoms with Crippen LogP contribution < -0.4 is 19.5 Å². The quantitative estimate of drug-likeness (QED) is 0.485. The van der Waals surface area contributed by atoms with Crippen LogP contribution in [-0.2, 0) is 21.4 Å². The molecule has 3 aromatic carbocycles. The first-order chi connectivity index (χ1) is 15.3. The number of nitrogens with one attached hydrogen (secondary N) is 2. The Bertz CT molecular complexity index is 1130. The molecule has 8 heteroatoms. The third kappa shape index (κ3) is 7.63. The number of sulfonamides is 1. The fraction of sp³-hybridized carbons (Fsp3) is 0.208. The van der Waals surface area contributed by atoms with Crippen molar-refractivity contribution in [2.24, 2.45) is 0 Å². The van der Waals surface area contributed by atoms with Gasteiger partial charge in [0.1, 0.15) is 18.1 Å². The largest absolute Gasteiger partial charge is 0.489 e. The second-order valence-corrected chi connectivity index (χ2v) is 9.07. The number of carbonyl (C=O) groups is 1. The van der Waals surface area contributed by atoms with Crippen molar-refractivity contribution in [3.8, 4) is 11.5 Å². The fourth-order valence-electron chi connectivity index (χ4n) is 2.97. The monoisotopic (exact) mass is 454 g/mol. The van der Waals surface area contributed by atoms with Crippen LogP contribution in [0.15, 0.2) is 78.9 Å². The lowest BCUT2D eigenvalue weighted by Gasteiger charge is -2.16. The number of ether oxygens (including phenoxy) is 2. The van der Waals surface area contributed by atoms with Crippen molar-refractivity contribution in [2.75, 3.05) is 17.6 Å². The predicted molar refractivity (Wildman–Crippen MR) is 124 cm³/mol. The Labute approximate surface area is 188 Å². The summed E-state index contributed by atoms with van der Waals surface area (Å²) in [7, 11) is -3.37. The lowest BCUT2D eigenvalue weighted by Crippen LogP contribution is -2.31. The lowest BCUT2D eigenvalue weighted by atomic mass is 10.1. The van der Waals surface area contributed by atoms with Crippen molar-refractivity contribution in [3.63, 3.8) is 0 Å². The highest BCUT2D eigenvalue weighted by Crippen LogP contribution is 2.20. The molecule has 0 saturated carbocycles. The van der Waals surface area contributed by atoms with Crippen molar-refractivity contribution >= 4 is 21.6 Å². The summed E-state index contributed by atoms with van der Waals surface area (Å²) in [6.45, 7) is 2.15. The SMILES string of the molecule is CC(NC(=O)COc1ccc(OCc2ccccc2)cc1)c1cccc(NS(C)(=O)=O)c1. The van der Waals surface area contributed by atoms with Crippen molar-refractivity contribution in [2.45, 2.75) is 19.6 Å². The molecular weight excluding hydrogens is 428 g/mol. The average molecular weight is 455 g/mol. The molecule has 2 N–H and O–H groups in total. The van der Waals surface area contributed by atoms with Crippen LogP contribution in [0.3, 0.4) is 0 Å². The normalized spacial score (nSPS) is 11.9. The summed E-state index contributed by atoms with van der Waals surface area (Å²) in [6, 6.07) is 23.5. The minimum absolute atomic E-state index is 0.143. The molecule has 0 aliphatic carbocycles. The molecule has 0 saturated heterocycles. The number of rotatable bonds is 10. The van der Waals surface area contributed by atoms with E-state index < -0.39 is 10.0 Å². The van der Waals surface area contributed by atoms with Crippen LogP contribution in [0.1, 0.15) is 24.1 Å². The molecule has 3 aromatic rings. The minimum atomic E-state index is -3.37. The molecule has 0 bridgehead atoms. The van der Waals surface area contributed by atoms with E-state index in [4.69, 9.17) is 9.47 Å². The highest BCUT2D eigenvalue weighted by Gasteiger charge is 2.12. The van der Waals surface area contributed by atoms with E-state index in [9.17, 15) is 13.2 Å². The second kappa shape index (κ2) is 10.7. The summed E-state index contributed by atoms with van der Waals surface area (Å²) in [6.07, 6.45) is 1.09. The highest BCUT2D eigenvalue weighted by molar-refractivity contribution is 7.92. The van der Waals surface area contributed by atoms with Gasteiger partial charge in [0.2, 0.25) is 10.0 Å². The molecular formula is C24H26N2O5S. The second-order valence-electron chi connectivity index (χ2n) is 7.32. The first kappa shape index (κ1) is 23.1. The Kier molecular flexibility index (Phi) is 7.72. The van der Waals surface area contributed by atoms with Crippen LogP contribution in [-0.4, -0.2) is 27.2 Å². The number of anilines is 1. The van der Waals surface area contributed by atoms with E-state index in [1.54, 1.807) is 42.5 Å². The Morgan fingerprint density at radius 2 is 1.56 bits per heavy atom. The van der Waals surface area contributed by atoms with Crippen LogP contribution >= 0.6 is 0 Å². The zero-order chi connectivity index (χ0) is 23.0. The summed E-state index contributed by atoms with van der Waals surface area (Å²) < 4.78 is 36.5. The molecule has 0 heterocycles. The molecule has 0 radical (unpaired) electrons. The van der Waals surface area contributed by atoms with Crippen molar-refractivity contribution < 1.29 is 22.7 Å². The molecule has 1 amide bonds. The minimum Gasteiger partial charge on any atom is -0.489 e. The molecule has 168 valence electrons. The van der Waals surface area contributed by atoms with E-state index in [2.05, 4.69) is 10.0 Å². The predicted octanol–water partition coefficient (Wildman–Crippen LogP) is 3.89. The Morgan fingerprint density at radius 1 is 0.906 bits per heavy atom. The fourth-order valence-corrected chi connectivity index (χ4v) is 3.53. The van der Waals surface area contributed by atoms with Gasteiger partial charge in [-0.15, -0.1) is 0 Å². The highest BCUT2D eigenvalue weighted by atomic mass is 32.2. The van der Waals surface area contributed by atoms with Gasteiger partial charge in [-0.2, -0.15) is 0 Å². The Hall–Kier alpha value is -3.52. The van der Waals surface area contributed by atoms with Gasteiger partial charge in [0.25, 0.3) is 5.91 Å². The van der Waals surface area contributed by atoms with Crippen LogP contribution in [0, 0.1) is 0 Å². The van der Waals surface area contributed by atoms with E-state index in [0.29, 0.717) is 23.8 Å². The maximum Gasteiger partial charge on any atom is 0.258 e. The summed E-state index contributed by atoms with van der Waals surface area (Å²) in [5.74, 6) is 0.976. The smallest absolute Gasteiger partial charge is 0.258 e. The van der Waals surface area contributed by atoms with Gasteiger partial charge in [0, 0.05) is 5.69 Å². The standard InChI is InChI=1S/C24H26N2O5S/c1-18(20-9-6-10-21(15-20)26-32(2,28)29)25-24(27)17-31-23-13-11-22(12-14-23)30-16-19-7-4-3-5-8-19/h3-15,18,26H,16-17H2,1-2H3,(H,25,27). The molecule has 32 heavy (non-hydrogen) atoms. The van der Waals surface area contributed by atoms with Gasteiger partial charge >= 0.3 is 0 Å². The van der Waals surface area contributed by atoms with Gasteiger partial charge in [0.05, 0.1) is 12.3 Å². The molecule has 3 rings (SSSR count). The van der Waals surface area contributed by atoms with E-state index in [-0.39, 0.29) is 18.6 Å². The first-order valence-electron chi connectivity index (χ1n) is 10.1. The van der Waals surface area contributed by atoms with Crippen LogP contribution in [0.4, 0.5) is 5.69 Å². The zero-order valence-corrected chi connectivity index (χ0v) is 18.8. The average Bonchev–Trinajstić information content (AvgIpc) is 2.77. The van der Waals surface area contributed by atoms with Crippen molar-refractivity contribution in [1.82, 2.24) is 5.32 Å². The molecule has 0 aliphatic heterocycles. The van der Waals surface area contributed by atoms with Crippen molar-refractivity contribution in [1.29, 1.82) is 0 Å². The third-order valence-corrected chi connectivity index (χ3v) is 5.12. The van der Waals surface area contributed by atoms with E-state index >= 15 is 0 Å². The van der Waals surface area contributed by atoms with E-state index in [1.165, 1.54) is 0 Å². The summed E-state index contributed by atoms with van der Waals surface area (Å²) in [4.78, 5) is 12.3. The summed E-state index contributed by atoms with van der Waals surface area (Å²) in [5, 5.41) is 2.84. The summed E-state index contributed by atoms with van der Waals surface area (Å²) >= 11 is 0. The van der Waals surface area contributed by atoms with Crippen LogP contribution in [0.5, 0.6) is 11.5 Å². The van der Waals surface area contributed by atoms with E-state index in [0.717, 1.165) is 17.4 Å². The number of carbonyl (C=O) groups excluding carboxylic acids is 1. The maximum atomic E-state index is 12.3. The van der Waals surface area contributed by atoms with Gasteiger partial charge < -0.3 is 14.8 Å². The summed E-state index contributed by atoms with van der Waals surface area (Å²) in [5.41, 5.74) is 2.29. The molecule has 1 unspecified atom stereocenters. The number of benzene rings is 3. The molecule has 7 nitrogen and oxygen atoms in total. The number of hydrogen-bond acceptors (Lipinski definition) is 5. The maximum absolute atomic E-state index is 12.3. The molecule has 0 spiro atoms. The Morgan fingerprint density at radius 3 is 2.22 bits per heavy atom. The van der Waals surface area contributed by atoms with E-state index in [1.807, 2.05) is 43.3 Å². The van der Waals surface area contributed by atoms with Crippen molar-refractivity contribution in [3.05, 3.63) is 90.0 Å². The zero-order valence-electron chi connectivity index (χ0n) is 17.9. The Balaban J connectivity index is 1.46. The van der Waals surface area contributed by atoms with Gasteiger partial charge in [-0.05, 0) is 54.4 Å². The topological polar surface area (TPSA) is 93.7 Å². The molecule has 0 fully saturated rings. The van der Waals surface area contributed by atoms with Crippen LogP contribution in [0.2, 0.25) is 0 Å². The van der Waals surface area contributed by atoms with Crippen LogP contribution in [0.25, 0.3) is 0 Å². The number of amides is 1. The first-order valence-corrected chi connectivity index (χ1v) is 11.9. The van der Waals surface area contributed by atoms with Gasteiger partial charge in [-0.25, -0.2) is 8.42 Å². The third-order valence-electron chi connectivity index (χ3n) is 4.51. The molecule has 0 aliphatic rings. The van der Waals surface area contributed by atoms with Gasteiger partial charge in [-0.1, -0.05) is 42.5 Å². The van der Waals surface area contributed by atoms with Gasteiger partial charge in [0.15, 0.2) is 6.61 Å². The number of hydrogen-bond donors (Lipinski definition) is 2. The molecule has 0 aromatic heterocycles. The molecule has 1 atom stereocenters. The van der Waals surface area contributed by atoms with Gasteiger partial charge in [-0.3, -0.25) is 9.52 Å². The lowest BCUT2D eigenvalue weighted by molar-refractivity contribution is -0.123.